The van der Waals surface area contributed by atoms with E-state index in [1.165, 1.54) is 35.9 Å². The van der Waals surface area contributed by atoms with Crippen molar-refractivity contribution in [1.29, 1.82) is 0 Å². The van der Waals surface area contributed by atoms with Gasteiger partial charge in [0.1, 0.15) is 23.7 Å². The number of aromatic hydroxyl groups is 1. The van der Waals surface area contributed by atoms with Crippen molar-refractivity contribution in [1.82, 2.24) is 5.32 Å². The van der Waals surface area contributed by atoms with Gasteiger partial charge in [0.05, 0.1) is 5.69 Å². The number of carbonyl (C=O) groups excluding carboxylic acids is 3. The molecular weight excluding hydrogens is 500 g/mol. The highest BCUT2D eigenvalue weighted by Gasteiger charge is 2.37. The second-order valence-corrected chi connectivity index (χ2v) is 8.78. The number of imide groups is 2. The van der Waals surface area contributed by atoms with Gasteiger partial charge >= 0.3 is 6.03 Å². The van der Waals surface area contributed by atoms with Gasteiger partial charge in [0.2, 0.25) is 0 Å². The first-order chi connectivity index (χ1) is 16.2. The molecule has 0 unspecified atom stereocenters. The van der Waals surface area contributed by atoms with Gasteiger partial charge in [0.15, 0.2) is 0 Å². The minimum Gasteiger partial charge on any atom is -0.508 e. The molecule has 0 bridgehead atoms. The number of hydrogen-bond acceptors (Lipinski definition) is 5. The maximum atomic E-state index is 13.1. The molecule has 172 valence electrons. The van der Waals surface area contributed by atoms with E-state index in [0.717, 1.165) is 20.5 Å². The molecule has 1 aliphatic heterocycles. The average Bonchev–Trinajstić information content (AvgIpc) is 2.79. The number of aryl methyl sites for hydroxylation is 2. The molecule has 0 aromatic heterocycles. The quantitative estimate of drug-likeness (QED) is 0.363. The number of urea groups is 1. The van der Waals surface area contributed by atoms with Crippen molar-refractivity contribution < 1.29 is 24.2 Å². The number of nitrogens with zero attached hydrogens (tertiary/aromatic N) is 1. The van der Waals surface area contributed by atoms with E-state index in [-0.39, 0.29) is 17.0 Å². The van der Waals surface area contributed by atoms with E-state index in [2.05, 4.69) is 21.2 Å². The van der Waals surface area contributed by atoms with Crippen LogP contribution in [0.15, 0.2) is 70.7 Å². The number of anilines is 1. The summed E-state index contributed by atoms with van der Waals surface area (Å²) < 4.78 is 6.74. The van der Waals surface area contributed by atoms with E-state index in [0.29, 0.717) is 17.9 Å². The molecule has 7 nitrogen and oxygen atoms in total. The van der Waals surface area contributed by atoms with Crippen molar-refractivity contribution >= 4 is 45.5 Å². The third-order valence-electron chi connectivity index (χ3n) is 5.45. The fourth-order valence-electron chi connectivity index (χ4n) is 3.47. The van der Waals surface area contributed by atoms with Crippen molar-refractivity contribution in [2.24, 2.45) is 0 Å². The van der Waals surface area contributed by atoms with Crippen LogP contribution in [0.1, 0.15) is 22.3 Å². The molecule has 0 aliphatic carbocycles. The smallest absolute Gasteiger partial charge is 0.335 e. The lowest BCUT2D eigenvalue weighted by molar-refractivity contribution is -0.122. The highest BCUT2D eigenvalue weighted by Crippen LogP contribution is 2.29. The van der Waals surface area contributed by atoms with Crippen LogP contribution in [0.3, 0.4) is 0 Å². The van der Waals surface area contributed by atoms with Crippen molar-refractivity contribution in [2.75, 3.05) is 4.90 Å². The molecule has 34 heavy (non-hydrogen) atoms. The maximum Gasteiger partial charge on any atom is 0.335 e. The van der Waals surface area contributed by atoms with Gasteiger partial charge in [0, 0.05) is 10.0 Å². The fraction of sp³-hybridized carbons (Fsp3) is 0.115. The van der Waals surface area contributed by atoms with Gasteiger partial charge in [-0.05, 0) is 79.1 Å². The number of hydrogen-bond donors (Lipinski definition) is 2. The Hall–Kier alpha value is -3.91. The molecule has 3 aromatic carbocycles. The second kappa shape index (κ2) is 9.52. The minimum atomic E-state index is -0.863. The number of carbonyl (C=O) groups is 3. The van der Waals surface area contributed by atoms with Gasteiger partial charge in [0.25, 0.3) is 11.8 Å². The Labute approximate surface area is 204 Å². The van der Waals surface area contributed by atoms with Gasteiger partial charge in [-0.3, -0.25) is 14.9 Å². The van der Waals surface area contributed by atoms with Gasteiger partial charge in [-0.25, -0.2) is 9.69 Å². The molecule has 3 aromatic rings. The van der Waals surface area contributed by atoms with E-state index in [1.807, 2.05) is 32.0 Å². The molecule has 1 fully saturated rings. The Kier molecular flexibility index (Phi) is 6.51. The van der Waals surface area contributed by atoms with E-state index in [1.54, 1.807) is 18.2 Å². The molecule has 8 heteroatoms. The van der Waals surface area contributed by atoms with Crippen molar-refractivity contribution in [3.8, 4) is 11.5 Å². The highest BCUT2D eigenvalue weighted by molar-refractivity contribution is 9.10. The van der Waals surface area contributed by atoms with Gasteiger partial charge in [-0.15, -0.1) is 0 Å². The lowest BCUT2D eigenvalue weighted by atomic mass is 10.1. The molecule has 0 saturated carbocycles. The first-order valence-electron chi connectivity index (χ1n) is 10.4. The summed E-state index contributed by atoms with van der Waals surface area (Å²) in [4.78, 5) is 38.9. The molecule has 1 aliphatic rings. The van der Waals surface area contributed by atoms with Crippen LogP contribution in [-0.4, -0.2) is 23.0 Å². The molecular formula is C26H21BrN2O5. The Balaban J connectivity index is 1.66. The monoisotopic (exact) mass is 520 g/mol. The average molecular weight is 521 g/mol. The molecule has 0 spiro atoms. The van der Waals surface area contributed by atoms with E-state index in [4.69, 9.17) is 4.74 Å². The number of ether oxygens (including phenoxy) is 1. The minimum absolute atomic E-state index is 0.0137. The third-order valence-corrected chi connectivity index (χ3v) is 5.94. The topological polar surface area (TPSA) is 95.9 Å². The van der Waals surface area contributed by atoms with Crippen LogP contribution in [0.2, 0.25) is 0 Å². The lowest BCUT2D eigenvalue weighted by Crippen LogP contribution is -2.54. The van der Waals surface area contributed by atoms with E-state index < -0.39 is 17.8 Å². The summed E-state index contributed by atoms with van der Waals surface area (Å²) in [5, 5.41) is 11.7. The highest BCUT2D eigenvalue weighted by atomic mass is 79.9. The van der Waals surface area contributed by atoms with Crippen LogP contribution in [0.25, 0.3) is 6.08 Å². The molecule has 4 rings (SSSR count). The first kappa shape index (κ1) is 23.3. The standard InChI is InChI=1S/C26H21BrN2O5/c1-15-3-4-17(11-16(15)2)14-34-23-10-5-19(27)12-18(23)13-22-24(31)28-26(33)29(25(22)32)20-6-8-21(30)9-7-20/h3-13,30H,14H2,1-2H3,(H,28,31,33)/b22-13+. The Morgan fingerprint density at radius 1 is 0.971 bits per heavy atom. The third kappa shape index (κ3) is 4.87. The van der Waals surface area contributed by atoms with Crippen molar-refractivity contribution in [3.05, 3.63) is 93.0 Å². The number of phenolic OH excluding ortho intramolecular Hbond substituents is 1. The number of phenols is 1. The summed E-state index contributed by atoms with van der Waals surface area (Å²) >= 11 is 3.41. The normalized spacial score (nSPS) is 15.0. The molecule has 0 atom stereocenters. The molecule has 2 N–H and O–H groups in total. The summed E-state index contributed by atoms with van der Waals surface area (Å²) in [6.07, 6.45) is 1.40. The Morgan fingerprint density at radius 3 is 2.41 bits per heavy atom. The second-order valence-electron chi connectivity index (χ2n) is 7.86. The van der Waals surface area contributed by atoms with Crippen LogP contribution in [0.4, 0.5) is 10.5 Å². The molecule has 1 saturated heterocycles. The Bertz CT molecular complexity index is 1330. The van der Waals surface area contributed by atoms with Gasteiger partial charge in [-0.2, -0.15) is 0 Å². The number of benzene rings is 3. The summed E-state index contributed by atoms with van der Waals surface area (Å²) in [6.45, 7) is 4.37. The van der Waals surface area contributed by atoms with Crippen molar-refractivity contribution in [3.63, 3.8) is 0 Å². The lowest BCUT2D eigenvalue weighted by Gasteiger charge is -2.26. The van der Waals surface area contributed by atoms with Gasteiger partial charge < -0.3 is 9.84 Å². The summed E-state index contributed by atoms with van der Waals surface area (Å²) in [7, 11) is 0. The van der Waals surface area contributed by atoms with E-state index >= 15 is 0 Å². The fourth-order valence-corrected chi connectivity index (χ4v) is 3.85. The number of amides is 4. The first-order valence-corrected chi connectivity index (χ1v) is 11.2. The summed E-state index contributed by atoms with van der Waals surface area (Å²) in [5.41, 5.74) is 3.83. The maximum absolute atomic E-state index is 13.1. The van der Waals surface area contributed by atoms with Crippen molar-refractivity contribution in [2.45, 2.75) is 20.5 Å². The number of nitrogens with one attached hydrogen (secondary N) is 1. The largest absolute Gasteiger partial charge is 0.508 e. The molecule has 4 amide bonds. The Morgan fingerprint density at radius 2 is 1.71 bits per heavy atom. The number of halogens is 1. The number of barbiturate groups is 1. The zero-order chi connectivity index (χ0) is 24.4. The SMILES string of the molecule is Cc1ccc(COc2ccc(Br)cc2/C=C2\C(=O)NC(=O)N(c3ccc(O)cc3)C2=O)cc1C. The summed E-state index contributed by atoms with van der Waals surface area (Å²) in [6, 6.07) is 16.0. The number of rotatable bonds is 5. The summed E-state index contributed by atoms with van der Waals surface area (Å²) in [5.74, 6) is -1.12. The van der Waals surface area contributed by atoms with Gasteiger partial charge in [-0.1, -0.05) is 34.1 Å². The molecule has 0 radical (unpaired) electrons. The predicted octanol–water partition coefficient (Wildman–Crippen LogP) is 5.02. The zero-order valence-electron chi connectivity index (χ0n) is 18.5. The van der Waals surface area contributed by atoms with Crippen LogP contribution >= 0.6 is 15.9 Å². The van der Waals surface area contributed by atoms with Crippen LogP contribution < -0.4 is 15.0 Å². The van der Waals surface area contributed by atoms with Crippen LogP contribution in [0.5, 0.6) is 11.5 Å². The van der Waals surface area contributed by atoms with Crippen LogP contribution in [-0.2, 0) is 16.2 Å². The van der Waals surface area contributed by atoms with E-state index in [9.17, 15) is 19.5 Å². The predicted molar refractivity (Wildman–Crippen MR) is 131 cm³/mol. The molecule has 1 heterocycles. The zero-order valence-corrected chi connectivity index (χ0v) is 20.0. The van der Waals surface area contributed by atoms with Crippen LogP contribution in [0, 0.1) is 13.8 Å².